The van der Waals surface area contributed by atoms with E-state index in [1.54, 1.807) is 6.07 Å². The molecular weight excluding hydrogens is 263 g/mol. The largest absolute Gasteiger partial charge is 0.344 e. The Labute approximate surface area is 125 Å². The first-order valence-corrected chi connectivity index (χ1v) is 7.46. The molecule has 1 fully saturated rings. The molecule has 0 amide bonds. The van der Waals surface area contributed by atoms with Crippen molar-refractivity contribution in [2.24, 2.45) is 0 Å². The maximum absolute atomic E-state index is 13.6. The fourth-order valence-corrected chi connectivity index (χ4v) is 2.54. The Morgan fingerprint density at radius 3 is 2.71 bits per heavy atom. The van der Waals surface area contributed by atoms with Gasteiger partial charge in [-0.05, 0) is 61.2 Å². The van der Waals surface area contributed by atoms with Gasteiger partial charge in [-0.2, -0.15) is 0 Å². The Morgan fingerprint density at radius 2 is 2.00 bits per heavy atom. The average Bonchev–Trinajstić information content (AvgIpc) is 3.29. The zero-order valence-electron chi connectivity index (χ0n) is 12.6. The SMILES string of the molecule is Cc1cccc(N(C)c2ccc(F)cc2CNC2CC2)c1. The van der Waals surface area contributed by atoms with Crippen molar-refractivity contribution in [3.05, 3.63) is 59.4 Å². The minimum Gasteiger partial charge on any atom is -0.344 e. The second kappa shape index (κ2) is 5.86. The van der Waals surface area contributed by atoms with Crippen molar-refractivity contribution in [3.63, 3.8) is 0 Å². The summed E-state index contributed by atoms with van der Waals surface area (Å²) in [5.74, 6) is -0.177. The lowest BCUT2D eigenvalue weighted by atomic mass is 10.1. The molecule has 0 bridgehead atoms. The molecule has 1 aliphatic rings. The predicted octanol–water partition coefficient (Wildman–Crippen LogP) is 4.15. The number of halogens is 1. The number of hydrogen-bond acceptors (Lipinski definition) is 2. The van der Waals surface area contributed by atoms with E-state index >= 15 is 0 Å². The highest BCUT2D eigenvalue weighted by Crippen LogP contribution is 2.29. The van der Waals surface area contributed by atoms with E-state index < -0.39 is 0 Å². The van der Waals surface area contributed by atoms with Gasteiger partial charge in [0.2, 0.25) is 0 Å². The molecule has 0 unspecified atom stereocenters. The molecule has 3 heteroatoms. The number of rotatable bonds is 5. The molecule has 2 nitrogen and oxygen atoms in total. The maximum Gasteiger partial charge on any atom is 0.123 e. The molecule has 0 aromatic heterocycles. The van der Waals surface area contributed by atoms with Gasteiger partial charge in [-0.25, -0.2) is 4.39 Å². The fraction of sp³-hybridized carbons (Fsp3) is 0.333. The van der Waals surface area contributed by atoms with Crippen LogP contribution in [0.25, 0.3) is 0 Å². The van der Waals surface area contributed by atoms with Crippen molar-refractivity contribution in [1.82, 2.24) is 5.32 Å². The Hall–Kier alpha value is -1.87. The topological polar surface area (TPSA) is 15.3 Å². The van der Waals surface area contributed by atoms with Crippen LogP contribution in [0.15, 0.2) is 42.5 Å². The van der Waals surface area contributed by atoms with Crippen LogP contribution in [-0.4, -0.2) is 13.1 Å². The summed E-state index contributed by atoms with van der Waals surface area (Å²) < 4.78 is 13.6. The molecule has 0 radical (unpaired) electrons. The summed E-state index contributed by atoms with van der Waals surface area (Å²) >= 11 is 0. The third-order valence-corrected chi connectivity index (χ3v) is 3.95. The monoisotopic (exact) mass is 284 g/mol. The van der Waals surface area contributed by atoms with E-state index in [-0.39, 0.29) is 5.82 Å². The number of anilines is 2. The van der Waals surface area contributed by atoms with Gasteiger partial charge in [0.15, 0.2) is 0 Å². The van der Waals surface area contributed by atoms with E-state index in [0.717, 1.165) is 16.9 Å². The number of nitrogens with one attached hydrogen (secondary N) is 1. The van der Waals surface area contributed by atoms with Crippen molar-refractivity contribution >= 4 is 11.4 Å². The summed E-state index contributed by atoms with van der Waals surface area (Å²) in [4.78, 5) is 2.12. The van der Waals surface area contributed by atoms with Gasteiger partial charge < -0.3 is 10.2 Å². The summed E-state index contributed by atoms with van der Waals surface area (Å²) in [7, 11) is 2.03. The van der Waals surface area contributed by atoms with Gasteiger partial charge in [0, 0.05) is 31.0 Å². The molecule has 1 N–H and O–H groups in total. The van der Waals surface area contributed by atoms with Gasteiger partial charge in [-0.1, -0.05) is 12.1 Å². The predicted molar refractivity (Wildman–Crippen MR) is 85.5 cm³/mol. The molecule has 0 atom stereocenters. The van der Waals surface area contributed by atoms with E-state index in [0.29, 0.717) is 12.6 Å². The summed E-state index contributed by atoms with van der Waals surface area (Å²) in [6.07, 6.45) is 2.47. The van der Waals surface area contributed by atoms with Crippen LogP contribution in [0.4, 0.5) is 15.8 Å². The molecule has 0 saturated heterocycles. The number of hydrogen-bond donors (Lipinski definition) is 1. The lowest BCUT2D eigenvalue weighted by molar-refractivity contribution is 0.619. The van der Waals surface area contributed by atoms with Crippen molar-refractivity contribution in [2.45, 2.75) is 32.4 Å². The van der Waals surface area contributed by atoms with Crippen molar-refractivity contribution in [1.29, 1.82) is 0 Å². The summed E-state index contributed by atoms with van der Waals surface area (Å²) in [6, 6.07) is 14.0. The number of benzene rings is 2. The van der Waals surface area contributed by atoms with Gasteiger partial charge in [-0.3, -0.25) is 0 Å². The Bertz CT molecular complexity index is 635. The van der Waals surface area contributed by atoms with Gasteiger partial charge in [0.05, 0.1) is 0 Å². The molecule has 110 valence electrons. The van der Waals surface area contributed by atoms with Crippen molar-refractivity contribution in [2.75, 3.05) is 11.9 Å². The van der Waals surface area contributed by atoms with Crippen molar-refractivity contribution < 1.29 is 4.39 Å². The zero-order chi connectivity index (χ0) is 14.8. The number of nitrogens with zero attached hydrogens (tertiary/aromatic N) is 1. The maximum atomic E-state index is 13.6. The minimum atomic E-state index is -0.177. The molecule has 2 aromatic rings. The summed E-state index contributed by atoms with van der Waals surface area (Å²) in [5, 5.41) is 3.46. The Balaban J connectivity index is 1.88. The molecule has 2 aromatic carbocycles. The summed E-state index contributed by atoms with van der Waals surface area (Å²) in [6.45, 7) is 2.80. The van der Waals surface area contributed by atoms with E-state index in [2.05, 4.69) is 35.3 Å². The highest BCUT2D eigenvalue weighted by molar-refractivity contribution is 5.66. The van der Waals surface area contributed by atoms with Crippen LogP contribution in [0.2, 0.25) is 0 Å². The third kappa shape index (κ3) is 3.42. The van der Waals surface area contributed by atoms with Crippen LogP contribution < -0.4 is 10.2 Å². The standard InChI is InChI=1S/C18H21FN2/c1-13-4-3-5-17(10-13)21(2)18-9-6-15(19)11-14(18)12-20-16-7-8-16/h3-6,9-11,16,20H,7-8,12H2,1-2H3. The molecule has 3 rings (SSSR count). The van der Waals surface area contributed by atoms with Crippen LogP contribution in [0.5, 0.6) is 0 Å². The Kier molecular flexibility index (Phi) is 3.93. The van der Waals surface area contributed by atoms with Gasteiger partial charge in [0.25, 0.3) is 0 Å². The Morgan fingerprint density at radius 1 is 1.19 bits per heavy atom. The third-order valence-electron chi connectivity index (χ3n) is 3.95. The first-order valence-electron chi connectivity index (χ1n) is 7.46. The zero-order valence-corrected chi connectivity index (χ0v) is 12.6. The molecule has 1 aliphatic carbocycles. The van der Waals surface area contributed by atoms with E-state index in [1.165, 1.54) is 24.5 Å². The van der Waals surface area contributed by atoms with Crippen molar-refractivity contribution in [3.8, 4) is 0 Å². The first-order chi connectivity index (χ1) is 10.1. The lowest BCUT2D eigenvalue weighted by Crippen LogP contribution is -2.19. The van der Waals surface area contributed by atoms with Crippen LogP contribution in [-0.2, 0) is 6.54 Å². The lowest BCUT2D eigenvalue weighted by Gasteiger charge is -2.23. The first kappa shape index (κ1) is 14.1. The summed E-state index contributed by atoms with van der Waals surface area (Å²) in [5.41, 5.74) is 4.40. The normalized spacial score (nSPS) is 14.2. The van der Waals surface area contributed by atoms with E-state index in [4.69, 9.17) is 0 Å². The molecule has 1 saturated carbocycles. The molecular formula is C18H21FN2. The van der Waals surface area contributed by atoms with Gasteiger partial charge in [-0.15, -0.1) is 0 Å². The molecule has 0 heterocycles. The van der Waals surface area contributed by atoms with E-state index in [9.17, 15) is 4.39 Å². The van der Waals surface area contributed by atoms with Gasteiger partial charge in [0.1, 0.15) is 5.82 Å². The highest BCUT2D eigenvalue weighted by atomic mass is 19.1. The molecule has 0 spiro atoms. The second-order valence-corrected chi connectivity index (χ2v) is 5.83. The minimum absolute atomic E-state index is 0.177. The van der Waals surface area contributed by atoms with Crippen LogP contribution >= 0.6 is 0 Å². The van der Waals surface area contributed by atoms with Crippen LogP contribution in [0.1, 0.15) is 24.0 Å². The fourth-order valence-electron chi connectivity index (χ4n) is 2.54. The van der Waals surface area contributed by atoms with Crippen LogP contribution in [0, 0.1) is 12.7 Å². The smallest absolute Gasteiger partial charge is 0.123 e. The number of aryl methyl sites for hydroxylation is 1. The van der Waals surface area contributed by atoms with Gasteiger partial charge >= 0.3 is 0 Å². The van der Waals surface area contributed by atoms with E-state index in [1.807, 2.05) is 19.2 Å². The quantitative estimate of drug-likeness (QED) is 0.887. The average molecular weight is 284 g/mol. The van der Waals surface area contributed by atoms with Crippen LogP contribution in [0.3, 0.4) is 0 Å². The second-order valence-electron chi connectivity index (χ2n) is 5.83. The molecule has 0 aliphatic heterocycles. The highest BCUT2D eigenvalue weighted by Gasteiger charge is 2.21. The molecule has 21 heavy (non-hydrogen) atoms.